The van der Waals surface area contributed by atoms with Gasteiger partial charge in [-0.3, -0.25) is 9.10 Å². The summed E-state index contributed by atoms with van der Waals surface area (Å²) < 4.78 is 25.8. The highest BCUT2D eigenvalue weighted by Crippen LogP contribution is 2.27. The quantitative estimate of drug-likeness (QED) is 0.803. The fourth-order valence-electron chi connectivity index (χ4n) is 2.81. The molecule has 6 nitrogen and oxygen atoms in total. The minimum absolute atomic E-state index is 0.190. The molecule has 0 N–H and O–H groups in total. The van der Waals surface area contributed by atoms with Gasteiger partial charge in [-0.15, -0.1) is 0 Å². The normalized spacial score (nSPS) is 17.6. The first-order valence-electron chi connectivity index (χ1n) is 7.84. The molecule has 1 saturated heterocycles. The largest absolute Gasteiger partial charge is 0.338 e. The average molecular weight is 374 g/mol. The molecule has 24 heavy (non-hydrogen) atoms. The van der Waals surface area contributed by atoms with Gasteiger partial charge >= 0.3 is 0 Å². The Bertz CT molecular complexity index is 715. The van der Waals surface area contributed by atoms with E-state index < -0.39 is 16.1 Å². The summed E-state index contributed by atoms with van der Waals surface area (Å²) in [5.41, 5.74) is 1.26. The van der Waals surface area contributed by atoms with Crippen LogP contribution in [0.2, 0.25) is 5.02 Å². The molecule has 0 spiro atoms. The van der Waals surface area contributed by atoms with Gasteiger partial charge in [-0.05, 0) is 38.6 Å². The summed E-state index contributed by atoms with van der Waals surface area (Å²) in [5.74, 6) is -0.190. The van der Waals surface area contributed by atoms with Crippen molar-refractivity contribution >= 4 is 33.2 Å². The highest BCUT2D eigenvalue weighted by Gasteiger charge is 2.33. The maximum absolute atomic E-state index is 12.8. The first-order valence-corrected chi connectivity index (χ1v) is 10.1. The molecule has 0 aromatic heterocycles. The first kappa shape index (κ1) is 19.0. The van der Waals surface area contributed by atoms with Crippen LogP contribution in [0.4, 0.5) is 5.69 Å². The highest BCUT2D eigenvalue weighted by atomic mass is 35.5. The van der Waals surface area contributed by atoms with Gasteiger partial charge in [-0.25, -0.2) is 8.42 Å². The van der Waals surface area contributed by atoms with Gasteiger partial charge < -0.3 is 9.80 Å². The van der Waals surface area contributed by atoms with E-state index in [1.165, 1.54) is 0 Å². The van der Waals surface area contributed by atoms with E-state index in [2.05, 4.69) is 4.90 Å². The third-order valence-electron chi connectivity index (χ3n) is 4.29. The van der Waals surface area contributed by atoms with Crippen LogP contribution < -0.4 is 4.31 Å². The Balaban J connectivity index is 2.30. The number of amides is 1. The molecule has 2 rings (SSSR count). The minimum atomic E-state index is -3.62. The third-order valence-corrected chi connectivity index (χ3v) is 5.94. The zero-order valence-electron chi connectivity index (χ0n) is 14.5. The number of anilines is 1. The van der Waals surface area contributed by atoms with E-state index in [-0.39, 0.29) is 5.91 Å². The number of halogens is 1. The number of hydrogen-bond acceptors (Lipinski definition) is 4. The van der Waals surface area contributed by atoms with Crippen molar-refractivity contribution in [2.45, 2.75) is 19.9 Å². The standard InChI is InChI=1S/C16H24ClN3O3S/c1-12-5-6-14(11-15(12)17)20(24(4,22)23)13(2)16(21)19-9-7-18(3)8-10-19/h5-6,11,13H,7-10H2,1-4H3. The molecule has 0 bridgehead atoms. The number of likely N-dealkylation sites (N-methyl/N-ethyl adjacent to an activating group) is 1. The summed E-state index contributed by atoms with van der Waals surface area (Å²) in [6, 6.07) is 4.20. The maximum atomic E-state index is 12.8. The van der Waals surface area contributed by atoms with Crippen molar-refractivity contribution < 1.29 is 13.2 Å². The summed E-state index contributed by atoms with van der Waals surface area (Å²) in [4.78, 5) is 16.6. The van der Waals surface area contributed by atoms with Crippen LogP contribution in [0.3, 0.4) is 0 Å². The predicted octanol–water partition coefficient (Wildman–Crippen LogP) is 1.58. The molecule has 1 aliphatic heterocycles. The van der Waals surface area contributed by atoms with E-state index in [1.54, 1.807) is 30.0 Å². The maximum Gasteiger partial charge on any atom is 0.246 e. The van der Waals surface area contributed by atoms with Crippen molar-refractivity contribution in [1.29, 1.82) is 0 Å². The van der Waals surface area contributed by atoms with E-state index in [0.29, 0.717) is 23.8 Å². The van der Waals surface area contributed by atoms with Gasteiger partial charge in [-0.1, -0.05) is 17.7 Å². The number of rotatable bonds is 4. The van der Waals surface area contributed by atoms with Crippen LogP contribution in [-0.2, 0) is 14.8 Å². The van der Waals surface area contributed by atoms with Gasteiger partial charge in [0.05, 0.1) is 11.9 Å². The molecule has 1 aromatic carbocycles. The second-order valence-electron chi connectivity index (χ2n) is 6.30. The van der Waals surface area contributed by atoms with Crippen molar-refractivity contribution in [1.82, 2.24) is 9.80 Å². The number of sulfonamides is 1. The Labute approximate surface area is 149 Å². The fraction of sp³-hybridized carbons (Fsp3) is 0.562. The van der Waals surface area contributed by atoms with Crippen LogP contribution in [0.15, 0.2) is 18.2 Å². The second kappa shape index (κ2) is 7.29. The highest BCUT2D eigenvalue weighted by molar-refractivity contribution is 7.92. The summed E-state index contributed by atoms with van der Waals surface area (Å²) >= 11 is 6.13. The predicted molar refractivity (Wildman–Crippen MR) is 97.1 cm³/mol. The average Bonchev–Trinajstić information content (AvgIpc) is 2.49. The van der Waals surface area contributed by atoms with Crippen molar-refractivity contribution in [3.8, 4) is 0 Å². The van der Waals surface area contributed by atoms with E-state index >= 15 is 0 Å². The van der Waals surface area contributed by atoms with E-state index in [1.807, 2.05) is 14.0 Å². The molecule has 0 radical (unpaired) electrons. The monoisotopic (exact) mass is 373 g/mol. The second-order valence-corrected chi connectivity index (χ2v) is 8.56. The lowest BCUT2D eigenvalue weighted by atomic mass is 10.2. The summed E-state index contributed by atoms with van der Waals surface area (Å²) in [5, 5.41) is 0.473. The molecule has 1 atom stereocenters. The lowest BCUT2D eigenvalue weighted by Gasteiger charge is -2.37. The van der Waals surface area contributed by atoms with E-state index in [4.69, 9.17) is 11.6 Å². The SMILES string of the molecule is Cc1ccc(N(C(C)C(=O)N2CCN(C)CC2)S(C)(=O)=O)cc1Cl. The van der Waals surface area contributed by atoms with Gasteiger partial charge in [0.15, 0.2) is 0 Å². The first-order chi connectivity index (χ1) is 11.1. The van der Waals surface area contributed by atoms with Crippen LogP contribution in [0.1, 0.15) is 12.5 Å². The van der Waals surface area contributed by atoms with Gasteiger partial charge in [0.1, 0.15) is 6.04 Å². The van der Waals surface area contributed by atoms with Crippen molar-refractivity contribution in [3.05, 3.63) is 28.8 Å². The number of aryl methyl sites for hydroxylation is 1. The van der Waals surface area contributed by atoms with Gasteiger partial charge in [-0.2, -0.15) is 0 Å². The van der Waals surface area contributed by atoms with Crippen molar-refractivity contribution in [2.24, 2.45) is 0 Å². The van der Waals surface area contributed by atoms with Crippen LogP contribution in [0, 0.1) is 6.92 Å². The zero-order valence-corrected chi connectivity index (χ0v) is 16.1. The molecule has 8 heteroatoms. The van der Waals surface area contributed by atoms with Crippen molar-refractivity contribution in [3.63, 3.8) is 0 Å². The van der Waals surface area contributed by atoms with Crippen LogP contribution in [0.25, 0.3) is 0 Å². The Morgan fingerprint density at radius 3 is 2.33 bits per heavy atom. The number of carbonyl (C=O) groups is 1. The molecule has 0 saturated carbocycles. The summed E-state index contributed by atoms with van der Waals surface area (Å²) in [6.45, 7) is 6.24. The summed E-state index contributed by atoms with van der Waals surface area (Å²) in [7, 11) is -1.62. The van der Waals surface area contributed by atoms with Crippen molar-refractivity contribution in [2.75, 3.05) is 43.8 Å². The molecule has 1 aliphatic rings. The van der Waals surface area contributed by atoms with Gasteiger partial charge in [0.2, 0.25) is 15.9 Å². The van der Waals surface area contributed by atoms with Gasteiger partial charge in [0, 0.05) is 31.2 Å². The number of piperazine rings is 1. The summed E-state index contributed by atoms with van der Waals surface area (Å²) in [6.07, 6.45) is 1.11. The van der Waals surface area contributed by atoms with E-state index in [0.717, 1.165) is 29.2 Å². The van der Waals surface area contributed by atoms with Gasteiger partial charge in [0.25, 0.3) is 0 Å². The Morgan fingerprint density at radius 1 is 1.25 bits per heavy atom. The molecule has 1 heterocycles. The Kier molecular flexibility index (Phi) is 5.78. The molecule has 134 valence electrons. The molecule has 0 aliphatic carbocycles. The molecule has 1 aromatic rings. The van der Waals surface area contributed by atoms with E-state index in [9.17, 15) is 13.2 Å². The number of carbonyl (C=O) groups excluding carboxylic acids is 1. The molecule has 1 amide bonds. The Morgan fingerprint density at radius 2 is 1.83 bits per heavy atom. The smallest absolute Gasteiger partial charge is 0.246 e. The minimum Gasteiger partial charge on any atom is -0.338 e. The van der Waals surface area contributed by atoms with Crippen LogP contribution >= 0.6 is 11.6 Å². The lowest BCUT2D eigenvalue weighted by molar-refractivity contribution is -0.133. The number of nitrogens with zero attached hydrogens (tertiary/aromatic N) is 3. The van der Waals surface area contributed by atoms with Crippen LogP contribution in [-0.4, -0.2) is 69.6 Å². The molecule has 1 fully saturated rings. The van der Waals surface area contributed by atoms with Crippen LogP contribution in [0.5, 0.6) is 0 Å². The molecule has 1 unspecified atom stereocenters. The topological polar surface area (TPSA) is 60.9 Å². The molecular weight excluding hydrogens is 350 g/mol. The Hall–Kier alpha value is -1.31. The fourth-order valence-corrected chi connectivity index (χ4v) is 4.15. The zero-order chi connectivity index (χ0) is 18.1. The lowest BCUT2D eigenvalue weighted by Crippen LogP contribution is -2.54. The number of benzene rings is 1. The molecular formula is C16H24ClN3O3S. The number of hydrogen-bond donors (Lipinski definition) is 0. The third kappa shape index (κ3) is 4.20.